The van der Waals surface area contributed by atoms with Crippen LogP contribution in [-0.2, 0) is 16.2 Å². The number of hydrogen-bond donors (Lipinski definition) is 1. The second-order valence-electron chi connectivity index (χ2n) is 8.07. The van der Waals surface area contributed by atoms with Gasteiger partial charge in [-0.2, -0.15) is 0 Å². The van der Waals surface area contributed by atoms with E-state index in [-0.39, 0.29) is 24.2 Å². The Morgan fingerprint density at radius 3 is 2.65 bits per heavy atom. The quantitative estimate of drug-likeness (QED) is 0.523. The highest BCUT2D eigenvalue weighted by Crippen LogP contribution is 2.25. The fourth-order valence-corrected chi connectivity index (χ4v) is 3.81. The summed E-state index contributed by atoms with van der Waals surface area (Å²) in [4.78, 5) is 35.7. The van der Waals surface area contributed by atoms with Crippen LogP contribution in [-0.4, -0.2) is 46.4 Å². The molecule has 1 N–H and O–H groups in total. The predicted molar refractivity (Wildman–Crippen MR) is 127 cm³/mol. The molecule has 4 rings (SSSR count). The van der Waals surface area contributed by atoms with Crippen molar-refractivity contribution >= 4 is 17.6 Å². The van der Waals surface area contributed by atoms with Crippen molar-refractivity contribution in [1.82, 2.24) is 14.9 Å². The highest BCUT2D eigenvalue weighted by atomic mass is 16.5. The van der Waals surface area contributed by atoms with Crippen molar-refractivity contribution in [2.45, 2.75) is 25.9 Å². The molecule has 3 heterocycles. The minimum Gasteiger partial charge on any atom is -0.493 e. The molecule has 0 radical (unpaired) electrons. The van der Waals surface area contributed by atoms with Gasteiger partial charge >= 0.3 is 0 Å². The molecular formula is C26H28N4O4. The number of carbonyl (C=O) groups is 2. The predicted octanol–water partition coefficient (Wildman–Crippen LogP) is 3.70. The minimum atomic E-state index is -0.303. The zero-order chi connectivity index (χ0) is 23.6. The normalized spacial score (nSPS) is 15.4. The maximum Gasteiger partial charge on any atom is 0.230 e. The van der Waals surface area contributed by atoms with Crippen molar-refractivity contribution in [3.8, 4) is 11.5 Å². The van der Waals surface area contributed by atoms with Gasteiger partial charge in [0.1, 0.15) is 12.4 Å². The molecule has 1 unspecified atom stereocenters. The third-order valence-corrected chi connectivity index (χ3v) is 5.63. The summed E-state index contributed by atoms with van der Waals surface area (Å²) < 4.78 is 11.5. The van der Waals surface area contributed by atoms with Gasteiger partial charge in [0.05, 0.1) is 18.9 Å². The highest BCUT2D eigenvalue weighted by Gasteiger charge is 2.29. The largest absolute Gasteiger partial charge is 0.493 e. The number of nitrogens with zero attached hydrogens (tertiary/aromatic N) is 3. The summed E-state index contributed by atoms with van der Waals surface area (Å²) in [7, 11) is 0. The molecular weight excluding hydrogens is 432 g/mol. The molecule has 1 aliphatic rings. The lowest BCUT2D eigenvalue weighted by Gasteiger charge is -2.32. The van der Waals surface area contributed by atoms with Crippen LogP contribution in [0.15, 0.2) is 73.2 Å². The lowest BCUT2D eigenvalue weighted by molar-refractivity contribution is -0.135. The van der Waals surface area contributed by atoms with E-state index in [9.17, 15) is 9.59 Å². The molecule has 0 saturated carbocycles. The molecule has 1 atom stereocenters. The Kier molecular flexibility index (Phi) is 8.05. The Morgan fingerprint density at radius 2 is 1.82 bits per heavy atom. The number of amides is 2. The monoisotopic (exact) mass is 460 g/mol. The van der Waals surface area contributed by atoms with E-state index in [0.29, 0.717) is 37.9 Å². The Hall–Kier alpha value is -3.94. The van der Waals surface area contributed by atoms with E-state index < -0.39 is 0 Å². The summed E-state index contributed by atoms with van der Waals surface area (Å²) in [5.41, 5.74) is 0.966. The van der Waals surface area contributed by atoms with Gasteiger partial charge in [0.25, 0.3) is 0 Å². The third-order valence-electron chi connectivity index (χ3n) is 5.63. The lowest BCUT2D eigenvalue weighted by Crippen LogP contribution is -2.44. The molecule has 8 nitrogen and oxygen atoms in total. The number of piperidine rings is 1. The van der Waals surface area contributed by atoms with Gasteiger partial charge in [-0.25, -0.2) is 4.98 Å². The molecule has 1 aliphatic heterocycles. The molecule has 176 valence electrons. The van der Waals surface area contributed by atoms with Gasteiger partial charge in [0, 0.05) is 31.7 Å². The van der Waals surface area contributed by atoms with Gasteiger partial charge in [-0.1, -0.05) is 18.2 Å². The second kappa shape index (κ2) is 11.8. The van der Waals surface area contributed by atoms with Crippen LogP contribution in [0.4, 0.5) is 5.82 Å². The van der Waals surface area contributed by atoms with Gasteiger partial charge in [-0.05, 0) is 54.8 Å². The number of rotatable bonds is 9. The molecule has 0 spiro atoms. The van der Waals surface area contributed by atoms with Gasteiger partial charge in [0.2, 0.25) is 11.8 Å². The Bertz CT molecular complexity index is 1080. The number of likely N-dealkylation sites (tertiary alicyclic amines) is 1. The van der Waals surface area contributed by atoms with Crippen LogP contribution in [0.5, 0.6) is 11.5 Å². The first-order valence-electron chi connectivity index (χ1n) is 11.4. The molecule has 8 heteroatoms. The van der Waals surface area contributed by atoms with E-state index in [1.165, 1.54) is 0 Å². The molecule has 0 bridgehead atoms. The number of nitrogens with one attached hydrogen (secondary N) is 1. The van der Waals surface area contributed by atoms with E-state index in [1.807, 2.05) is 42.5 Å². The number of aromatic nitrogens is 2. The molecule has 1 fully saturated rings. The van der Waals surface area contributed by atoms with Crippen molar-refractivity contribution in [2.75, 3.05) is 25.0 Å². The first-order chi connectivity index (χ1) is 16.7. The zero-order valence-corrected chi connectivity index (χ0v) is 18.9. The summed E-state index contributed by atoms with van der Waals surface area (Å²) >= 11 is 0. The summed E-state index contributed by atoms with van der Waals surface area (Å²) in [6.45, 7) is 1.68. The van der Waals surface area contributed by atoms with Gasteiger partial charge in [-0.15, -0.1) is 0 Å². The van der Waals surface area contributed by atoms with E-state index in [0.717, 1.165) is 24.2 Å². The highest BCUT2D eigenvalue weighted by molar-refractivity contribution is 5.93. The van der Waals surface area contributed by atoms with Crippen molar-refractivity contribution < 1.29 is 19.1 Å². The average Bonchev–Trinajstić information content (AvgIpc) is 2.89. The van der Waals surface area contributed by atoms with Gasteiger partial charge < -0.3 is 19.7 Å². The van der Waals surface area contributed by atoms with Crippen molar-refractivity contribution in [2.24, 2.45) is 5.92 Å². The first-order valence-corrected chi connectivity index (χ1v) is 11.4. The second-order valence-corrected chi connectivity index (χ2v) is 8.07. The molecule has 2 aromatic heterocycles. The summed E-state index contributed by atoms with van der Waals surface area (Å²) in [5.74, 6) is 1.14. The summed E-state index contributed by atoms with van der Waals surface area (Å²) in [6.07, 6.45) is 6.78. The molecule has 34 heavy (non-hydrogen) atoms. The van der Waals surface area contributed by atoms with E-state index in [2.05, 4.69) is 15.3 Å². The molecule has 2 amide bonds. The number of ether oxygens (including phenoxy) is 2. The van der Waals surface area contributed by atoms with Crippen LogP contribution in [0.3, 0.4) is 0 Å². The number of benzene rings is 1. The van der Waals surface area contributed by atoms with Crippen molar-refractivity contribution in [3.63, 3.8) is 0 Å². The third kappa shape index (κ3) is 6.54. The van der Waals surface area contributed by atoms with Gasteiger partial charge in [0.15, 0.2) is 11.6 Å². The van der Waals surface area contributed by atoms with Gasteiger partial charge in [-0.3, -0.25) is 14.6 Å². The smallest absolute Gasteiger partial charge is 0.230 e. The van der Waals surface area contributed by atoms with Crippen LogP contribution in [0.2, 0.25) is 0 Å². The first kappa shape index (κ1) is 23.2. The Morgan fingerprint density at radius 1 is 1.00 bits per heavy atom. The Balaban J connectivity index is 1.29. The average molecular weight is 461 g/mol. The van der Waals surface area contributed by atoms with E-state index in [1.54, 1.807) is 35.6 Å². The lowest BCUT2D eigenvalue weighted by atomic mass is 9.97. The minimum absolute atomic E-state index is 0.00681. The number of carbonyl (C=O) groups excluding carboxylic acids is 2. The molecule has 1 saturated heterocycles. The van der Waals surface area contributed by atoms with Crippen LogP contribution in [0.1, 0.15) is 24.8 Å². The standard InChI is InChI=1S/C26H28N4O4/c31-24(12-17-33-22-7-2-1-3-8-22)30-16-5-6-21(18-30)26(32)29-25-23(9-4-13-28-25)34-19-20-10-14-27-15-11-20/h1-4,7-11,13-15,21H,5-6,12,16-19H2,(H,28,29,32). The van der Waals surface area contributed by atoms with Crippen LogP contribution < -0.4 is 14.8 Å². The maximum absolute atomic E-state index is 13.0. The van der Waals surface area contributed by atoms with E-state index >= 15 is 0 Å². The topological polar surface area (TPSA) is 93.6 Å². The van der Waals surface area contributed by atoms with Crippen LogP contribution >= 0.6 is 0 Å². The van der Waals surface area contributed by atoms with Crippen LogP contribution in [0, 0.1) is 5.92 Å². The number of anilines is 1. The fraction of sp³-hybridized carbons (Fsp3) is 0.308. The molecule has 0 aliphatic carbocycles. The summed E-state index contributed by atoms with van der Waals surface area (Å²) in [6, 6.07) is 16.7. The molecule has 3 aromatic rings. The zero-order valence-electron chi connectivity index (χ0n) is 18.9. The number of hydrogen-bond acceptors (Lipinski definition) is 6. The Labute approximate surface area is 198 Å². The maximum atomic E-state index is 13.0. The van der Waals surface area contributed by atoms with Crippen molar-refractivity contribution in [3.05, 3.63) is 78.8 Å². The SMILES string of the molecule is O=C(Nc1ncccc1OCc1ccncc1)C1CCCN(C(=O)CCOc2ccccc2)C1. The number of pyridine rings is 2. The summed E-state index contributed by atoms with van der Waals surface area (Å²) in [5, 5.41) is 2.89. The van der Waals surface area contributed by atoms with E-state index in [4.69, 9.17) is 9.47 Å². The molecule has 1 aromatic carbocycles. The van der Waals surface area contributed by atoms with Crippen molar-refractivity contribution in [1.29, 1.82) is 0 Å². The number of para-hydroxylation sites is 1. The fourth-order valence-electron chi connectivity index (χ4n) is 3.81. The van der Waals surface area contributed by atoms with Crippen LogP contribution in [0.25, 0.3) is 0 Å².